The van der Waals surface area contributed by atoms with Gasteiger partial charge in [0.1, 0.15) is 5.82 Å². The van der Waals surface area contributed by atoms with Crippen molar-refractivity contribution in [3.8, 4) is 0 Å². The minimum absolute atomic E-state index is 0.0926. The Morgan fingerprint density at radius 3 is 3.06 bits per heavy atom. The van der Waals surface area contributed by atoms with Crippen LogP contribution in [0, 0.1) is 5.92 Å². The van der Waals surface area contributed by atoms with Crippen LogP contribution in [0.1, 0.15) is 12.8 Å². The maximum absolute atomic E-state index is 11.1. The zero-order valence-corrected chi connectivity index (χ0v) is 8.97. The fourth-order valence-electron chi connectivity index (χ4n) is 1.96. The van der Waals surface area contributed by atoms with Crippen molar-refractivity contribution in [3.05, 3.63) is 12.3 Å². The van der Waals surface area contributed by atoms with E-state index in [4.69, 9.17) is 11.5 Å². The second-order valence-electron chi connectivity index (χ2n) is 3.96. The maximum atomic E-state index is 11.1. The number of piperidine rings is 1. The molecule has 2 rings (SSSR count). The van der Waals surface area contributed by atoms with Gasteiger partial charge in [-0.05, 0) is 18.9 Å². The Morgan fingerprint density at radius 2 is 2.38 bits per heavy atom. The quantitative estimate of drug-likeness (QED) is 0.718. The lowest BCUT2D eigenvalue weighted by molar-refractivity contribution is -0.122. The molecule has 1 aliphatic heterocycles. The number of carbonyl (C=O) groups excluding carboxylic acids is 1. The molecule has 0 aromatic carbocycles. The van der Waals surface area contributed by atoms with Crippen LogP contribution in [0.25, 0.3) is 0 Å². The molecule has 0 spiro atoms. The Bertz CT molecular complexity index is 395. The fourth-order valence-corrected chi connectivity index (χ4v) is 1.96. The first-order valence-electron chi connectivity index (χ1n) is 5.29. The summed E-state index contributed by atoms with van der Waals surface area (Å²) in [4.78, 5) is 21.1. The third-order valence-corrected chi connectivity index (χ3v) is 2.81. The molecule has 86 valence electrons. The molecule has 0 radical (unpaired) electrons. The molecule has 1 aromatic heterocycles. The first-order chi connectivity index (χ1) is 7.66. The number of aromatic nitrogens is 2. The van der Waals surface area contributed by atoms with E-state index in [1.54, 1.807) is 12.3 Å². The molecule has 16 heavy (non-hydrogen) atoms. The summed E-state index contributed by atoms with van der Waals surface area (Å²) in [6.45, 7) is 1.49. The van der Waals surface area contributed by atoms with Crippen molar-refractivity contribution in [2.45, 2.75) is 12.8 Å². The summed E-state index contributed by atoms with van der Waals surface area (Å²) < 4.78 is 0. The first kappa shape index (κ1) is 10.7. The number of amides is 1. The maximum Gasteiger partial charge on any atom is 0.222 e. The summed E-state index contributed by atoms with van der Waals surface area (Å²) in [6.07, 6.45) is 3.41. The lowest BCUT2D eigenvalue weighted by Crippen LogP contribution is -2.41. The Hall–Kier alpha value is -1.85. The topological polar surface area (TPSA) is 98.1 Å². The van der Waals surface area contributed by atoms with Crippen molar-refractivity contribution in [1.29, 1.82) is 0 Å². The summed E-state index contributed by atoms with van der Waals surface area (Å²) in [6, 6.07) is 1.79. The molecule has 1 aliphatic rings. The Labute approximate surface area is 93.7 Å². The van der Waals surface area contributed by atoms with Crippen LogP contribution in [0.2, 0.25) is 0 Å². The highest BCUT2D eigenvalue weighted by Gasteiger charge is 2.24. The molecule has 6 heteroatoms. The molecule has 1 saturated heterocycles. The van der Waals surface area contributed by atoms with Crippen molar-refractivity contribution >= 4 is 17.7 Å². The van der Waals surface area contributed by atoms with Crippen molar-refractivity contribution in [3.63, 3.8) is 0 Å². The molecule has 1 aromatic rings. The van der Waals surface area contributed by atoms with Crippen LogP contribution in [-0.2, 0) is 4.79 Å². The number of nitrogens with zero attached hydrogens (tertiary/aromatic N) is 3. The Kier molecular flexibility index (Phi) is 2.89. The van der Waals surface area contributed by atoms with Gasteiger partial charge in [-0.2, -0.15) is 4.98 Å². The number of hydrogen-bond acceptors (Lipinski definition) is 5. The number of nitrogens with two attached hydrogens (primary N) is 2. The first-order valence-corrected chi connectivity index (χ1v) is 5.29. The number of primary amides is 1. The average Bonchev–Trinajstić information content (AvgIpc) is 2.29. The van der Waals surface area contributed by atoms with Crippen molar-refractivity contribution in [2.24, 2.45) is 11.7 Å². The molecule has 1 amide bonds. The third-order valence-electron chi connectivity index (χ3n) is 2.81. The van der Waals surface area contributed by atoms with Gasteiger partial charge in [0.2, 0.25) is 11.9 Å². The van der Waals surface area contributed by atoms with Crippen LogP contribution >= 0.6 is 0 Å². The molecule has 0 aliphatic carbocycles. The molecule has 1 atom stereocenters. The predicted octanol–water partition coefficient (Wildman–Crippen LogP) is -0.240. The minimum atomic E-state index is -0.244. The third kappa shape index (κ3) is 2.21. The average molecular weight is 221 g/mol. The van der Waals surface area contributed by atoms with Gasteiger partial charge in [0, 0.05) is 19.3 Å². The standard InChI is InChI=1S/C10H15N5O/c11-9(16)7-2-1-5-15(6-7)8-3-4-13-10(12)14-8/h3-4,7H,1-2,5-6H2,(H2,11,16)(H2,12,13,14). The van der Waals surface area contributed by atoms with Crippen molar-refractivity contribution in [1.82, 2.24) is 9.97 Å². The molecule has 0 bridgehead atoms. The van der Waals surface area contributed by atoms with Gasteiger partial charge in [0.25, 0.3) is 0 Å². The number of carbonyl (C=O) groups is 1. The van der Waals surface area contributed by atoms with Gasteiger partial charge in [-0.15, -0.1) is 0 Å². The highest BCUT2D eigenvalue weighted by Crippen LogP contribution is 2.21. The van der Waals surface area contributed by atoms with E-state index in [-0.39, 0.29) is 17.8 Å². The largest absolute Gasteiger partial charge is 0.369 e. The van der Waals surface area contributed by atoms with E-state index >= 15 is 0 Å². The van der Waals surface area contributed by atoms with Crippen LogP contribution in [0.15, 0.2) is 12.3 Å². The second kappa shape index (κ2) is 4.34. The molecule has 6 nitrogen and oxygen atoms in total. The summed E-state index contributed by atoms with van der Waals surface area (Å²) >= 11 is 0. The van der Waals surface area contributed by atoms with Crippen molar-refractivity contribution in [2.75, 3.05) is 23.7 Å². The van der Waals surface area contributed by atoms with Crippen LogP contribution in [0.5, 0.6) is 0 Å². The van der Waals surface area contributed by atoms with Gasteiger partial charge in [-0.25, -0.2) is 4.98 Å². The second-order valence-corrected chi connectivity index (χ2v) is 3.96. The van der Waals surface area contributed by atoms with E-state index in [1.807, 2.05) is 4.90 Å². The van der Waals surface area contributed by atoms with Crippen LogP contribution < -0.4 is 16.4 Å². The molecule has 0 saturated carbocycles. The Morgan fingerprint density at radius 1 is 1.56 bits per heavy atom. The fraction of sp³-hybridized carbons (Fsp3) is 0.500. The lowest BCUT2D eigenvalue weighted by Gasteiger charge is -2.31. The Balaban J connectivity index is 2.12. The normalized spacial score (nSPS) is 20.8. The summed E-state index contributed by atoms with van der Waals surface area (Å²) in [7, 11) is 0. The number of rotatable bonds is 2. The molecule has 1 fully saturated rings. The van der Waals surface area contributed by atoms with Gasteiger partial charge in [0.15, 0.2) is 0 Å². The minimum Gasteiger partial charge on any atom is -0.369 e. The predicted molar refractivity (Wildman–Crippen MR) is 60.6 cm³/mol. The highest BCUT2D eigenvalue weighted by molar-refractivity contribution is 5.77. The molecule has 1 unspecified atom stereocenters. The zero-order valence-electron chi connectivity index (χ0n) is 8.97. The zero-order chi connectivity index (χ0) is 11.5. The summed E-state index contributed by atoms with van der Waals surface area (Å²) in [5, 5.41) is 0. The van der Waals surface area contributed by atoms with Gasteiger partial charge in [-0.1, -0.05) is 0 Å². The van der Waals surface area contributed by atoms with E-state index in [1.165, 1.54) is 0 Å². The highest BCUT2D eigenvalue weighted by atomic mass is 16.1. The van der Waals surface area contributed by atoms with E-state index < -0.39 is 0 Å². The van der Waals surface area contributed by atoms with Crippen LogP contribution in [-0.4, -0.2) is 29.0 Å². The molecule has 4 N–H and O–H groups in total. The smallest absolute Gasteiger partial charge is 0.222 e. The molecular weight excluding hydrogens is 206 g/mol. The van der Waals surface area contributed by atoms with Gasteiger partial charge in [0.05, 0.1) is 5.92 Å². The van der Waals surface area contributed by atoms with E-state index in [0.717, 1.165) is 25.2 Å². The van der Waals surface area contributed by atoms with Gasteiger partial charge < -0.3 is 16.4 Å². The van der Waals surface area contributed by atoms with Gasteiger partial charge in [-0.3, -0.25) is 4.79 Å². The monoisotopic (exact) mass is 221 g/mol. The summed E-state index contributed by atoms with van der Waals surface area (Å²) in [5.74, 6) is 0.675. The van der Waals surface area contributed by atoms with Gasteiger partial charge >= 0.3 is 0 Å². The molecule has 2 heterocycles. The number of nitrogen functional groups attached to an aromatic ring is 1. The number of anilines is 2. The number of hydrogen-bond donors (Lipinski definition) is 2. The van der Waals surface area contributed by atoms with E-state index in [9.17, 15) is 4.79 Å². The van der Waals surface area contributed by atoms with Crippen LogP contribution in [0.4, 0.5) is 11.8 Å². The van der Waals surface area contributed by atoms with E-state index in [0.29, 0.717) is 6.54 Å². The lowest BCUT2D eigenvalue weighted by atomic mass is 9.97. The van der Waals surface area contributed by atoms with Crippen molar-refractivity contribution < 1.29 is 4.79 Å². The summed E-state index contributed by atoms with van der Waals surface area (Å²) in [5.41, 5.74) is 10.8. The SMILES string of the molecule is NC(=O)C1CCCN(c2ccnc(N)n2)C1. The van der Waals surface area contributed by atoms with Crippen LogP contribution in [0.3, 0.4) is 0 Å². The molecular formula is C10H15N5O. The van der Waals surface area contributed by atoms with E-state index in [2.05, 4.69) is 9.97 Å².